The van der Waals surface area contributed by atoms with Crippen LogP contribution >= 0.6 is 0 Å². The van der Waals surface area contributed by atoms with Crippen LogP contribution in [0.5, 0.6) is 0 Å². The minimum atomic E-state index is -4.56. The van der Waals surface area contributed by atoms with E-state index in [1.165, 1.54) is 10.6 Å². The molecule has 0 spiro atoms. The number of aromatic amines is 1. The van der Waals surface area contributed by atoms with Crippen LogP contribution in [0.25, 0.3) is 17.2 Å². The van der Waals surface area contributed by atoms with Gasteiger partial charge in [-0.2, -0.15) is 18.3 Å². The predicted molar refractivity (Wildman–Crippen MR) is 105 cm³/mol. The fraction of sp³-hybridized carbons (Fsp3) is 0.316. The lowest BCUT2D eigenvalue weighted by atomic mass is 10.00. The van der Waals surface area contributed by atoms with Gasteiger partial charge in [-0.15, -0.1) is 0 Å². The molecule has 0 amide bonds. The lowest BCUT2D eigenvalue weighted by Crippen LogP contribution is -2.52. The zero-order chi connectivity index (χ0) is 21.6. The third-order valence-electron chi connectivity index (χ3n) is 5.42. The van der Waals surface area contributed by atoms with Crippen molar-refractivity contribution in [2.45, 2.75) is 25.2 Å². The first kappa shape index (κ1) is 19.4. The first-order valence-electron chi connectivity index (χ1n) is 9.64. The fourth-order valence-corrected chi connectivity index (χ4v) is 3.88. The van der Waals surface area contributed by atoms with E-state index in [1.807, 2.05) is 6.20 Å². The van der Waals surface area contributed by atoms with Crippen LogP contribution in [0.15, 0.2) is 43.2 Å². The number of piperazine rings is 1. The van der Waals surface area contributed by atoms with Crippen LogP contribution < -0.4 is 10.2 Å². The number of halogens is 3. The lowest BCUT2D eigenvalue weighted by molar-refractivity contribution is -0.141. The van der Waals surface area contributed by atoms with Crippen molar-refractivity contribution in [1.82, 2.24) is 39.9 Å². The van der Waals surface area contributed by atoms with E-state index in [-0.39, 0.29) is 23.6 Å². The van der Waals surface area contributed by atoms with Crippen molar-refractivity contribution in [2.24, 2.45) is 0 Å². The second-order valence-corrected chi connectivity index (χ2v) is 7.28. The highest BCUT2D eigenvalue weighted by atomic mass is 19.4. The first-order valence-corrected chi connectivity index (χ1v) is 9.64. The van der Waals surface area contributed by atoms with Gasteiger partial charge in [0.1, 0.15) is 11.5 Å². The molecule has 160 valence electrons. The number of imidazole rings is 1. The summed E-state index contributed by atoms with van der Waals surface area (Å²) in [6, 6.07) is 1.92. The number of hydrogen-bond donors (Lipinski definition) is 2. The van der Waals surface area contributed by atoms with E-state index < -0.39 is 11.9 Å². The van der Waals surface area contributed by atoms with Crippen LogP contribution in [0.3, 0.4) is 0 Å². The van der Waals surface area contributed by atoms with Crippen molar-refractivity contribution in [1.29, 1.82) is 0 Å². The van der Waals surface area contributed by atoms with Crippen molar-refractivity contribution >= 4 is 11.5 Å². The van der Waals surface area contributed by atoms with Gasteiger partial charge in [-0.3, -0.25) is 9.50 Å². The van der Waals surface area contributed by atoms with E-state index in [1.54, 1.807) is 18.5 Å². The summed E-state index contributed by atoms with van der Waals surface area (Å²) in [6.45, 7) is 3.55. The first-order chi connectivity index (χ1) is 14.9. The van der Waals surface area contributed by atoms with Crippen molar-refractivity contribution in [3.8, 4) is 11.5 Å². The van der Waals surface area contributed by atoms with Gasteiger partial charge in [0, 0.05) is 43.3 Å². The summed E-state index contributed by atoms with van der Waals surface area (Å²) in [4.78, 5) is 18.7. The summed E-state index contributed by atoms with van der Waals surface area (Å²) in [7, 11) is 0. The quantitative estimate of drug-likeness (QED) is 0.516. The third kappa shape index (κ3) is 3.48. The van der Waals surface area contributed by atoms with Crippen molar-refractivity contribution in [3.05, 3.63) is 54.5 Å². The van der Waals surface area contributed by atoms with Crippen LogP contribution in [0.2, 0.25) is 0 Å². The number of rotatable bonds is 3. The molecule has 4 aromatic rings. The number of H-pyrrole nitrogens is 1. The molecule has 4 aromatic heterocycles. The van der Waals surface area contributed by atoms with Gasteiger partial charge in [0.25, 0.3) is 0 Å². The van der Waals surface area contributed by atoms with Gasteiger partial charge in [-0.25, -0.2) is 19.9 Å². The van der Waals surface area contributed by atoms with E-state index >= 15 is 0 Å². The SMILES string of the molecule is CC1C(c2cn[nH]c2)NCCN1c1ccnc(-c2cnc3cnc(C(F)(F)F)cn23)n1. The van der Waals surface area contributed by atoms with Crippen molar-refractivity contribution < 1.29 is 13.2 Å². The van der Waals surface area contributed by atoms with E-state index in [4.69, 9.17) is 0 Å². The smallest absolute Gasteiger partial charge is 0.351 e. The molecule has 0 aliphatic carbocycles. The monoisotopic (exact) mass is 429 g/mol. The molecule has 1 aliphatic heterocycles. The molecular weight excluding hydrogens is 411 g/mol. The molecule has 0 bridgehead atoms. The van der Waals surface area contributed by atoms with Gasteiger partial charge in [-0.05, 0) is 13.0 Å². The van der Waals surface area contributed by atoms with Gasteiger partial charge in [-0.1, -0.05) is 0 Å². The van der Waals surface area contributed by atoms with Gasteiger partial charge in [0.05, 0.1) is 24.6 Å². The largest absolute Gasteiger partial charge is 0.434 e. The normalized spacial score (nSPS) is 19.8. The number of anilines is 1. The summed E-state index contributed by atoms with van der Waals surface area (Å²) in [5, 5.41) is 10.3. The number of aromatic nitrogens is 7. The maximum Gasteiger partial charge on any atom is 0.434 e. The Kier molecular flexibility index (Phi) is 4.58. The molecule has 9 nitrogen and oxygen atoms in total. The average molecular weight is 429 g/mol. The molecule has 12 heteroatoms. The topological polar surface area (TPSA) is 99.9 Å². The van der Waals surface area contributed by atoms with Gasteiger partial charge >= 0.3 is 6.18 Å². The van der Waals surface area contributed by atoms with Gasteiger partial charge in [0.15, 0.2) is 17.2 Å². The van der Waals surface area contributed by atoms with E-state index in [2.05, 4.69) is 47.3 Å². The Labute approximate surface area is 174 Å². The lowest BCUT2D eigenvalue weighted by Gasteiger charge is -2.40. The highest BCUT2D eigenvalue weighted by molar-refractivity contribution is 5.58. The molecule has 2 atom stereocenters. The summed E-state index contributed by atoms with van der Waals surface area (Å²) < 4.78 is 40.6. The molecule has 5 rings (SSSR count). The van der Waals surface area contributed by atoms with Gasteiger partial charge in [0.2, 0.25) is 0 Å². The van der Waals surface area contributed by atoms with E-state index in [0.717, 1.165) is 31.0 Å². The van der Waals surface area contributed by atoms with Crippen LogP contribution in [0.1, 0.15) is 24.2 Å². The third-order valence-corrected chi connectivity index (χ3v) is 5.42. The Morgan fingerprint density at radius 3 is 2.77 bits per heavy atom. The summed E-state index contributed by atoms with van der Waals surface area (Å²) in [5.74, 6) is 0.975. The van der Waals surface area contributed by atoms with Crippen LogP contribution in [-0.2, 0) is 6.18 Å². The Balaban J connectivity index is 1.51. The maximum absolute atomic E-state index is 13.1. The Morgan fingerprint density at radius 2 is 2.00 bits per heavy atom. The van der Waals surface area contributed by atoms with E-state index in [0.29, 0.717) is 11.5 Å². The molecule has 2 N–H and O–H groups in total. The van der Waals surface area contributed by atoms with Crippen LogP contribution in [0, 0.1) is 0 Å². The molecule has 1 saturated heterocycles. The highest BCUT2D eigenvalue weighted by Crippen LogP contribution is 2.30. The Hall–Kier alpha value is -3.54. The standard InChI is InChI=1S/C19H18F3N9/c1-11-17(12-6-27-28-7-12)23-4-5-30(11)15-2-3-24-18(29-15)13-8-26-16-9-25-14(10-31(13)16)19(20,21)22/h2-3,6-11,17,23H,4-5H2,1H3,(H,27,28). The van der Waals surface area contributed by atoms with Crippen molar-refractivity contribution in [3.63, 3.8) is 0 Å². The Morgan fingerprint density at radius 1 is 1.13 bits per heavy atom. The van der Waals surface area contributed by atoms with Crippen molar-refractivity contribution in [2.75, 3.05) is 18.0 Å². The molecule has 1 fully saturated rings. The van der Waals surface area contributed by atoms with Crippen LogP contribution in [-0.4, -0.2) is 53.7 Å². The predicted octanol–water partition coefficient (Wildman–Crippen LogP) is 2.47. The summed E-state index contributed by atoms with van der Waals surface area (Å²) >= 11 is 0. The maximum atomic E-state index is 13.1. The second kappa shape index (κ2) is 7.30. The molecule has 0 saturated carbocycles. The molecule has 0 aromatic carbocycles. The average Bonchev–Trinajstić information content (AvgIpc) is 3.43. The van der Waals surface area contributed by atoms with Crippen LogP contribution in [0.4, 0.5) is 19.0 Å². The molecule has 2 unspecified atom stereocenters. The summed E-state index contributed by atoms with van der Waals surface area (Å²) in [6.07, 6.45) is 4.13. The molecule has 0 radical (unpaired) electrons. The number of nitrogens with zero attached hydrogens (tertiary/aromatic N) is 7. The Bertz CT molecular complexity index is 1200. The minimum Gasteiger partial charge on any atom is -0.351 e. The number of fused-ring (bicyclic) bond motifs is 1. The van der Waals surface area contributed by atoms with Gasteiger partial charge < -0.3 is 10.2 Å². The number of nitrogens with one attached hydrogen (secondary N) is 2. The molecule has 5 heterocycles. The molecule has 1 aliphatic rings. The number of hydrogen-bond acceptors (Lipinski definition) is 7. The second-order valence-electron chi connectivity index (χ2n) is 7.28. The van der Waals surface area contributed by atoms with E-state index in [9.17, 15) is 13.2 Å². The zero-order valence-electron chi connectivity index (χ0n) is 16.4. The summed E-state index contributed by atoms with van der Waals surface area (Å²) in [5.41, 5.74) is 0.681. The number of alkyl halides is 3. The fourth-order valence-electron chi connectivity index (χ4n) is 3.88. The zero-order valence-corrected chi connectivity index (χ0v) is 16.4. The minimum absolute atomic E-state index is 0.0575. The molecule has 31 heavy (non-hydrogen) atoms. The highest BCUT2D eigenvalue weighted by Gasteiger charge is 2.33. The molecular formula is C19H18F3N9.